The summed E-state index contributed by atoms with van der Waals surface area (Å²) in [6.07, 6.45) is 0. The number of aromatic nitrogens is 3. The zero-order chi connectivity index (χ0) is 25.5. The molecule has 2 amide bonds. The van der Waals surface area contributed by atoms with E-state index in [2.05, 4.69) is 34.7 Å². The zero-order valence-corrected chi connectivity index (χ0v) is 22.0. The molecule has 3 rings (SSSR count). The number of anilines is 1. The second-order valence-corrected chi connectivity index (χ2v) is 9.82. The molecule has 3 aromatic rings. The number of amides is 2. The van der Waals surface area contributed by atoms with Gasteiger partial charge in [-0.05, 0) is 61.1 Å². The van der Waals surface area contributed by atoms with Crippen LogP contribution in [-0.4, -0.2) is 38.9 Å². The third-order valence-electron chi connectivity index (χ3n) is 5.52. The lowest BCUT2D eigenvalue weighted by molar-refractivity contribution is -0.123. The van der Waals surface area contributed by atoms with Crippen molar-refractivity contribution in [1.82, 2.24) is 20.1 Å². The number of aryl methyl sites for hydroxylation is 3. The van der Waals surface area contributed by atoms with Gasteiger partial charge in [0.2, 0.25) is 5.91 Å². The molecule has 0 spiro atoms. The Kier molecular flexibility index (Phi) is 8.92. The summed E-state index contributed by atoms with van der Waals surface area (Å²) in [7, 11) is 1.81. The van der Waals surface area contributed by atoms with E-state index in [1.54, 1.807) is 4.57 Å². The fraction of sp³-hybridized carbons (Fsp3) is 0.385. The van der Waals surface area contributed by atoms with Gasteiger partial charge in [-0.15, -0.1) is 10.2 Å². The molecular formula is C26H33N5O3S. The molecule has 0 radical (unpaired) electrons. The largest absolute Gasteiger partial charge is 0.483 e. The summed E-state index contributed by atoms with van der Waals surface area (Å²) in [5.41, 5.74) is 5.06. The van der Waals surface area contributed by atoms with Gasteiger partial charge in [0.1, 0.15) is 5.75 Å². The number of benzene rings is 2. The van der Waals surface area contributed by atoms with Crippen molar-refractivity contribution in [1.29, 1.82) is 0 Å². The highest BCUT2D eigenvalue weighted by atomic mass is 32.2. The van der Waals surface area contributed by atoms with Gasteiger partial charge in [-0.1, -0.05) is 49.9 Å². The Bertz CT molecular complexity index is 1210. The highest BCUT2D eigenvalue weighted by molar-refractivity contribution is 7.99. The van der Waals surface area contributed by atoms with Crippen molar-refractivity contribution in [2.24, 2.45) is 7.05 Å². The molecule has 0 aliphatic heterocycles. The Balaban J connectivity index is 1.48. The van der Waals surface area contributed by atoms with Gasteiger partial charge in [0.05, 0.1) is 12.3 Å². The third-order valence-corrected chi connectivity index (χ3v) is 6.54. The topological polar surface area (TPSA) is 98.1 Å². The van der Waals surface area contributed by atoms with E-state index >= 15 is 0 Å². The molecule has 0 atom stereocenters. The number of carbonyl (C=O) groups is 2. The average molecular weight is 496 g/mol. The Labute approximate surface area is 210 Å². The monoisotopic (exact) mass is 495 g/mol. The number of nitrogens with zero attached hydrogens (tertiary/aromatic N) is 3. The number of ether oxygens (including phenoxy) is 1. The summed E-state index contributed by atoms with van der Waals surface area (Å²) in [6, 6.07) is 12.0. The predicted octanol–water partition coefficient (Wildman–Crippen LogP) is 4.29. The molecule has 1 heterocycles. The summed E-state index contributed by atoms with van der Waals surface area (Å²) >= 11 is 1.29. The maximum Gasteiger partial charge on any atom is 0.258 e. The molecule has 8 nitrogen and oxygen atoms in total. The lowest BCUT2D eigenvalue weighted by atomic mass is 10.0. The van der Waals surface area contributed by atoms with E-state index in [0.29, 0.717) is 16.9 Å². The molecule has 0 bridgehead atoms. The average Bonchev–Trinajstić information content (AvgIpc) is 3.16. The van der Waals surface area contributed by atoms with Gasteiger partial charge in [-0.25, -0.2) is 0 Å². The molecule has 186 valence electrons. The van der Waals surface area contributed by atoms with Gasteiger partial charge >= 0.3 is 0 Å². The van der Waals surface area contributed by atoms with Gasteiger partial charge in [0.15, 0.2) is 17.6 Å². The van der Waals surface area contributed by atoms with Crippen molar-refractivity contribution in [3.05, 3.63) is 64.5 Å². The fourth-order valence-electron chi connectivity index (χ4n) is 3.43. The maximum absolute atomic E-state index is 12.4. The first kappa shape index (κ1) is 26.3. The van der Waals surface area contributed by atoms with Crippen molar-refractivity contribution in [3.8, 4) is 5.75 Å². The highest BCUT2D eigenvalue weighted by Crippen LogP contribution is 2.27. The molecule has 0 saturated heterocycles. The first-order chi connectivity index (χ1) is 16.6. The second kappa shape index (κ2) is 11.9. The van der Waals surface area contributed by atoms with Crippen molar-refractivity contribution in [2.45, 2.75) is 52.2 Å². The number of rotatable bonds is 10. The summed E-state index contributed by atoms with van der Waals surface area (Å²) in [4.78, 5) is 24.8. The van der Waals surface area contributed by atoms with E-state index in [-0.39, 0.29) is 30.7 Å². The Hall–Kier alpha value is -3.33. The van der Waals surface area contributed by atoms with Crippen molar-refractivity contribution >= 4 is 29.3 Å². The smallest absolute Gasteiger partial charge is 0.258 e. The first-order valence-electron chi connectivity index (χ1n) is 11.5. The first-order valence-corrected chi connectivity index (χ1v) is 12.5. The van der Waals surface area contributed by atoms with Crippen molar-refractivity contribution in [2.75, 3.05) is 17.7 Å². The molecule has 0 aliphatic carbocycles. The quantitative estimate of drug-likeness (QED) is 0.407. The summed E-state index contributed by atoms with van der Waals surface area (Å²) < 4.78 is 7.56. The number of hydrogen-bond donors (Lipinski definition) is 2. The van der Waals surface area contributed by atoms with E-state index < -0.39 is 0 Å². The van der Waals surface area contributed by atoms with Crippen LogP contribution in [0.1, 0.15) is 47.8 Å². The van der Waals surface area contributed by atoms with Crippen LogP contribution in [0.2, 0.25) is 0 Å². The molecule has 1 aromatic heterocycles. The number of nitrogens with one attached hydrogen (secondary N) is 2. The fourth-order valence-corrected chi connectivity index (χ4v) is 4.16. The lowest BCUT2D eigenvalue weighted by Gasteiger charge is -2.14. The van der Waals surface area contributed by atoms with Crippen LogP contribution in [0, 0.1) is 20.8 Å². The third kappa shape index (κ3) is 7.32. The van der Waals surface area contributed by atoms with Crippen molar-refractivity contribution in [3.63, 3.8) is 0 Å². The molecule has 9 heteroatoms. The standard InChI is InChI=1S/C26H33N5O3S/c1-16(2)20-10-8-18(4)12-22(20)34-14-24(32)27-13-23-29-30-26(31(23)6)35-15-25(33)28-21-11-17(3)7-9-19(21)5/h7-12,16H,13-15H2,1-6H3,(H,27,32)(H,28,33). The predicted molar refractivity (Wildman–Crippen MR) is 139 cm³/mol. The van der Waals surface area contributed by atoms with Crippen LogP contribution >= 0.6 is 11.8 Å². The van der Waals surface area contributed by atoms with Crippen molar-refractivity contribution < 1.29 is 14.3 Å². The van der Waals surface area contributed by atoms with Crippen LogP contribution in [-0.2, 0) is 23.2 Å². The molecule has 2 aromatic carbocycles. The molecule has 0 saturated carbocycles. The molecule has 2 N–H and O–H groups in total. The minimum Gasteiger partial charge on any atom is -0.483 e. The maximum atomic E-state index is 12.4. The molecule has 0 aliphatic rings. The van der Waals surface area contributed by atoms with Crippen LogP contribution in [0.15, 0.2) is 41.6 Å². The van der Waals surface area contributed by atoms with Gasteiger partial charge in [-0.3, -0.25) is 9.59 Å². The van der Waals surface area contributed by atoms with Crippen LogP contribution in [0.4, 0.5) is 5.69 Å². The number of thioether (sulfide) groups is 1. The van der Waals surface area contributed by atoms with Crippen LogP contribution in [0.5, 0.6) is 5.75 Å². The SMILES string of the molecule is Cc1ccc(C)c(NC(=O)CSc2nnc(CNC(=O)COc3cc(C)ccc3C(C)C)n2C)c1. The van der Waals surface area contributed by atoms with Gasteiger partial charge < -0.3 is 19.9 Å². The second-order valence-electron chi connectivity index (χ2n) is 8.87. The molecule has 0 fully saturated rings. The van der Waals surface area contributed by atoms with E-state index in [1.165, 1.54) is 11.8 Å². The minimum absolute atomic E-state index is 0.0822. The Morgan fingerprint density at radius 3 is 2.49 bits per heavy atom. The Morgan fingerprint density at radius 1 is 1.03 bits per heavy atom. The molecule has 0 unspecified atom stereocenters. The van der Waals surface area contributed by atoms with Crippen LogP contribution in [0.25, 0.3) is 0 Å². The number of hydrogen-bond acceptors (Lipinski definition) is 6. The lowest BCUT2D eigenvalue weighted by Crippen LogP contribution is -2.29. The number of carbonyl (C=O) groups excluding carboxylic acids is 2. The van der Waals surface area contributed by atoms with Crippen LogP contribution < -0.4 is 15.4 Å². The summed E-state index contributed by atoms with van der Waals surface area (Å²) in [5, 5.41) is 14.7. The van der Waals surface area contributed by atoms with Gasteiger partial charge in [0.25, 0.3) is 5.91 Å². The Morgan fingerprint density at radius 2 is 1.74 bits per heavy atom. The highest BCUT2D eigenvalue weighted by Gasteiger charge is 2.14. The van der Waals surface area contributed by atoms with Gasteiger partial charge in [-0.2, -0.15) is 0 Å². The molecule has 35 heavy (non-hydrogen) atoms. The minimum atomic E-state index is -0.244. The zero-order valence-electron chi connectivity index (χ0n) is 21.1. The van der Waals surface area contributed by atoms with E-state index in [0.717, 1.165) is 33.7 Å². The normalized spacial score (nSPS) is 10.9. The summed E-state index contributed by atoms with van der Waals surface area (Å²) in [6.45, 7) is 10.3. The van der Waals surface area contributed by atoms with E-state index in [4.69, 9.17) is 4.74 Å². The van der Waals surface area contributed by atoms with E-state index in [9.17, 15) is 9.59 Å². The molecular weight excluding hydrogens is 462 g/mol. The summed E-state index contributed by atoms with van der Waals surface area (Å²) in [5.74, 6) is 1.46. The van der Waals surface area contributed by atoms with Gasteiger partial charge in [0, 0.05) is 12.7 Å². The van der Waals surface area contributed by atoms with Crippen LogP contribution in [0.3, 0.4) is 0 Å². The van der Waals surface area contributed by atoms with E-state index in [1.807, 2.05) is 64.2 Å².